The fraction of sp³-hybridized carbons (Fsp3) is 0.207. The fourth-order valence-electron chi connectivity index (χ4n) is 4.85. The van der Waals surface area contributed by atoms with Crippen LogP contribution in [-0.4, -0.2) is 33.6 Å². The standard InChI is InChI=1S/C29H22ClF4N5O/c30-27-13-19(7-9-36-27)16-37-28(40)39-25-6-5-21(29(32,33)34)14-22(25)23-17-38(11-8-26(23)39)10-1-2-18-3-4-20(15-35)24(31)12-18/h1-7,9,12-14H,8,10-11,16-17H2,(H,37,40)/b2-1+. The van der Waals surface area contributed by atoms with Gasteiger partial charge in [0.05, 0.1) is 16.6 Å². The minimum Gasteiger partial charge on any atom is -0.333 e. The molecule has 0 saturated heterocycles. The molecule has 3 heterocycles. The number of pyridine rings is 1. The van der Waals surface area contributed by atoms with E-state index >= 15 is 0 Å². The van der Waals surface area contributed by atoms with Gasteiger partial charge in [-0.25, -0.2) is 14.2 Å². The number of amides is 1. The second-order valence-electron chi connectivity index (χ2n) is 9.37. The lowest BCUT2D eigenvalue weighted by Crippen LogP contribution is -2.34. The third-order valence-electron chi connectivity index (χ3n) is 6.78. The van der Waals surface area contributed by atoms with Gasteiger partial charge >= 0.3 is 12.2 Å². The maximum absolute atomic E-state index is 13.9. The second-order valence-corrected chi connectivity index (χ2v) is 9.76. The van der Waals surface area contributed by atoms with Crippen molar-refractivity contribution in [1.29, 1.82) is 5.26 Å². The Morgan fingerprint density at radius 3 is 2.73 bits per heavy atom. The molecule has 1 N–H and O–H groups in total. The first-order valence-corrected chi connectivity index (χ1v) is 12.7. The highest BCUT2D eigenvalue weighted by Gasteiger charge is 2.33. The average molecular weight is 568 g/mol. The molecule has 2 aromatic heterocycles. The Kier molecular flexibility index (Phi) is 7.61. The van der Waals surface area contributed by atoms with Crippen LogP contribution in [0.5, 0.6) is 0 Å². The number of nitrogens with one attached hydrogen (secondary N) is 1. The number of alkyl halides is 3. The highest BCUT2D eigenvalue weighted by Crippen LogP contribution is 2.36. The van der Waals surface area contributed by atoms with E-state index in [1.165, 1.54) is 29.0 Å². The summed E-state index contributed by atoms with van der Waals surface area (Å²) in [6.07, 6.45) is 0.997. The molecule has 0 bridgehead atoms. The van der Waals surface area contributed by atoms with Gasteiger partial charge in [0.15, 0.2) is 0 Å². The molecule has 11 heteroatoms. The summed E-state index contributed by atoms with van der Waals surface area (Å²) < 4.78 is 56.1. The smallest absolute Gasteiger partial charge is 0.333 e. The van der Waals surface area contributed by atoms with Crippen LogP contribution in [0.25, 0.3) is 17.0 Å². The third-order valence-corrected chi connectivity index (χ3v) is 6.99. The molecule has 0 atom stereocenters. The second kappa shape index (κ2) is 11.1. The van der Waals surface area contributed by atoms with Crippen molar-refractivity contribution in [2.45, 2.75) is 25.7 Å². The molecule has 0 aliphatic carbocycles. The van der Waals surface area contributed by atoms with Crippen LogP contribution >= 0.6 is 11.6 Å². The highest BCUT2D eigenvalue weighted by atomic mass is 35.5. The van der Waals surface area contributed by atoms with Gasteiger partial charge in [-0.3, -0.25) is 9.47 Å². The number of hydrogen-bond acceptors (Lipinski definition) is 4. The zero-order valence-corrected chi connectivity index (χ0v) is 21.7. The molecule has 0 radical (unpaired) electrons. The number of carbonyl (C=O) groups excluding carboxylic acids is 1. The summed E-state index contributed by atoms with van der Waals surface area (Å²) in [4.78, 5) is 19.3. The summed E-state index contributed by atoms with van der Waals surface area (Å²) in [5.41, 5.74) is 2.22. The lowest BCUT2D eigenvalue weighted by atomic mass is 10.0. The Morgan fingerprint density at radius 2 is 2.00 bits per heavy atom. The maximum Gasteiger partial charge on any atom is 0.416 e. The number of aromatic nitrogens is 2. The summed E-state index contributed by atoms with van der Waals surface area (Å²) in [5.74, 6) is -0.606. The summed E-state index contributed by atoms with van der Waals surface area (Å²) in [6, 6.07) is 12.4. The van der Waals surface area contributed by atoms with Crippen molar-refractivity contribution in [3.63, 3.8) is 0 Å². The van der Waals surface area contributed by atoms with Gasteiger partial charge in [-0.1, -0.05) is 29.8 Å². The lowest BCUT2D eigenvalue weighted by molar-refractivity contribution is -0.137. The van der Waals surface area contributed by atoms with Crippen LogP contribution in [0, 0.1) is 17.1 Å². The van der Waals surface area contributed by atoms with Gasteiger partial charge in [-0.2, -0.15) is 18.4 Å². The van der Waals surface area contributed by atoms with Crippen molar-refractivity contribution in [1.82, 2.24) is 19.8 Å². The molecule has 204 valence electrons. The van der Waals surface area contributed by atoms with Gasteiger partial charge in [0.25, 0.3) is 0 Å². The molecule has 2 aromatic carbocycles. The first-order chi connectivity index (χ1) is 19.1. The first-order valence-electron chi connectivity index (χ1n) is 12.3. The molecule has 4 aromatic rings. The van der Waals surface area contributed by atoms with Crippen molar-refractivity contribution in [2.75, 3.05) is 13.1 Å². The normalized spacial score (nSPS) is 13.9. The predicted molar refractivity (Wildman–Crippen MR) is 143 cm³/mol. The number of nitrogens with zero attached hydrogens (tertiary/aromatic N) is 4. The van der Waals surface area contributed by atoms with E-state index in [1.807, 2.05) is 11.0 Å². The molecule has 5 rings (SSSR count). The van der Waals surface area contributed by atoms with Crippen molar-refractivity contribution in [3.05, 3.63) is 105 Å². The Labute approximate surface area is 232 Å². The van der Waals surface area contributed by atoms with Crippen molar-refractivity contribution in [2.24, 2.45) is 0 Å². The molecule has 0 unspecified atom stereocenters. The molecule has 40 heavy (non-hydrogen) atoms. The van der Waals surface area contributed by atoms with Crippen LogP contribution in [0.2, 0.25) is 5.15 Å². The largest absolute Gasteiger partial charge is 0.416 e. The van der Waals surface area contributed by atoms with E-state index in [0.29, 0.717) is 53.8 Å². The molecular formula is C29H22ClF4N5O. The monoisotopic (exact) mass is 567 g/mol. The third kappa shape index (κ3) is 5.71. The van der Waals surface area contributed by atoms with E-state index in [1.54, 1.807) is 30.3 Å². The van der Waals surface area contributed by atoms with Crippen LogP contribution in [-0.2, 0) is 25.7 Å². The number of benzene rings is 2. The Morgan fingerprint density at radius 1 is 1.18 bits per heavy atom. The number of halogens is 5. The van der Waals surface area contributed by atoms with Gasteiger partial charge < -0.3 is 5.32 Å². The number of nitriles is 1. The maximum atomic E-state index is 13.9. The summed E-state index contributed by atoms with van der Waals surface area (Å²) in [6.45, 7) is 1.53. The minimum atomic E-state index is -4.53. The van der Waals surface area contributed by atoms with Crippen LogP contribution in [0.4, 0.5) is 22.4 Å². The van der Waals surface area contributed by atoms with E-state index < -0.39 is 23.6 Å². The number of carbonyl (C=O) groups is 1. The summed E-state index contributed by atoms with van der Waals surface area (Å²) in [5, 5.41) is 12.4. The van der Waals surface area contributed by atoms with E-state index in [0.717, 1.165) is 17.7 Å². The summed E-state index contributed by atoms with van der Waals surface area (Å²) in [7, 11) is 0. The van der Waals surface area contributed by atoms with Gasteiger partial charge in [-0.05, 0) is 59.2 Å². The van der Waals surface area contributed by atoms with E-state index in [9.17, 15) is 22.4 Å². The molecular weight excluding hydrogens is 546 g/mol. The van der Waals surface area contributed by atoms with Crippen LogP contribution in [0.1, 0.15) is 33.5 Å². The number of hydrogen-bond donors (Lipinski definition) is 1. The molecule has 0 spiro atoms. The molecule has 1 aliphatic heterocycles. The zero-order chi connectivity index (χ0) is 28.4. The molecule has 0 fully saturated rings. The number of rotatable bonds is 5. The van der Waals surface area contributed by atoms with Crippen LogP contribution < -0.4 is 5.32 Å². The number of fused-ring (bicyclic) bond motifs is 3. The minimum absolute atomic E-state index is 0.0380. The summed E-state index contributed by atoms with van der Waals surface area (Å²) >= 11 is 5.93. The quantitative estimate of drug-likeness (QED) is 0.219. The molecule has 0 saturated carbocycles. The first kappa shape index (κ1) is 27.4. The predicted octanol–water partition coefficient (Wildman–Crippen LogP) is 6.55. The van der Waals surface area contributed by atoms with Crippen LogP contribution in [0.15, 0.2) is 60.8 Å². The van der Waals surface area contributed by atoms with E-state index in [2.05, 4.69) is 10.3 Å². The van der Waals surface area contributed by atoms with Crippen molar-refractivity contribution in [3.8, 4) is 6.07 Å². The van der Waals surface area contributed by atoms with Gasteiger partial charge in [0.2, 0.25) is 0 Å². The molecule has 1 aliphatic rings. The Balaban J connectivity index is 1.41. The Bertz CT molecular complexity index is 1670. The van der Waals surface area contributed by atoms with E-state index in [-0.39, 0.29) is 17.3 Å². The SMILES string of the molecule is N#Cc1ccc(/C=C/CN2CCc3c(c4cc(C(F)(F)F)ccc4n3C(=O)NCc3ccnc(Cl)c3)C2)cc1F. The average Bonchev–Trinajstić information content (AvgIpc) is 3.25. The topological polar surface area (TPSA) is 74.0 Å². The zero-order valence-electron chi connectivity index (χ0n) is 21.0. The van der Waals surface area contributed by atoms with Crippen LogP contribution in [0.3, 0.4) is 0 Å². The van der Waals surface area contributed by atoms with E-state index in [4.69, 9.17) is 16.9 Å². The van der Waals surface area contributed by atoms with Gasteiger partial charge in [-0.15, -0.1) is 0 Å². The molecule has 1 amide bonds. The van der Waals surface area contributed by atoms with Crippen molar-refractivity contribution >= 4 is 34.6 Å². The highest BCUT2D eigenvalue weighted by molar-refractivity contribution is 6.29. The van der Waals surface area contributed by atoms with Gasteiger partial charge in [0.1, 0.15) is 17.0 Å². The lowest BCUT2D eigenvalue weighted by Gasteiger charge is -2.27. The Hall–Kier alpha value is -4.20. The van der Waals surface area contributed by atoms with Crippen molar-refractivity contribution < 1.29 is 22.4 Å². The molecule has 6 nitrogen and oxygen atoms in total. The fourth-order valence-corrected chi connectivity index (χ4v) is 5.05. The van der Waals surface area contributed by atoms with Gasteiger partial charge in [0, 0.05) is 49.9 Å².